The molecule has 5 nitrogen and oxygen atoms in total. The number of nitrogens with zero attached hydrogens (tertiary/aromatic N) is 1. The fourth-order valence-corrected chi connectivity index (χ4v) is 1.59. The van der Waals surface area contributed by atoms with Gasteiger partial charge in [-0.1, -0.05) is 13.0 Å². The molecule has 0 spiro atoms. The van der Waals surface area contributed by atoms with Crippen molar-refractivity contribution in [2.45, 2.75) is 26.3 Å². The summed E-state index contributed by atoms with van der Waals surface area (Å²) in [5.41, 5.74) is 1.56. The van der Waals surface area contributed by atoms with Gasteiger partial charge in [0.15, 0.2) is 0 Å². The number of nitro benzene ring substituents is 1. The van der Waals surface area contributed by atoms with Crippen LogP contribution in [0, 0.1) is 17.0 Å². The molecule has 0 amide bonds. The van der Waals surface area contributed by atoms with Gasteiger partial charge in [0.2, 0.25) is 0 Å². The summed E-state index contributed by atoms with van der Waals surface area (Å²) in [5, 5.41) is 14.0. The van der Waals surface area contributed by atoms with E-state index in [9.17, 15) is 10.1 Å². The highest BCUT2D eigenvalue weighted by molar-refractivity contribution is 5.55. The van der Waals surface area contributed by atoms with Crippen molar-refractivity contribution in [1.82, 2.24) is 0 Å². The summed E-state index contributed by atoms with van der Waals surface area (Å²) in [6.45, 7) is 4.35. The molecule has 1 rings (SSSR count). The van der Waals surface area contributed by atoms with Crippen LogP contribution >= 0.6 is 0 Å². The molecule has 0 saturated heterocycles. The Balaban J connectivity index is 2.84. The Morgan fingerprint density at radius 2 is 2.24 bits per heavy atom. The van der Waals surface area contributed by atoms with Crippen LogP contribution in [0.1, 0.15) is 18.9 Å². The Labute approximate surface area is 101 Å². The third-order valence-electron chi connectivity index (χ3n) is 2.64. The number of rotatable bonds is 6. The molecule has 1 aromatic carbocycles. The summed E-state index contributed by atoms with van der Waals surface area (Å²) < 4.78 is 5.07. The molecule has 5 heteroatoms. The molecule has 94 valence electrons. The fraction of sp³-hybridized carbons (Fsp3) is 0.500. The van der Waals surface area contributed by atoms with Crippen LogP contribution < -0.4 is 5.32 Å². The number of anilines is 1. The number of methoxy groups -OCH3 is 1. The predicted octanol–water partition coefficient (Wildman–Crippen LogP) is 2.74. The molecule has 1 aromatic rings. The zero-order chi connectivity index (χ0) is 12.8. The van der Waals surface area contributed by atoms with Crippen molar-refractivity contribution in [3.63, 3.8) is 0 Å². The lowest BCUT2D eigenvalue weighted by Gasteiger charge is -2.17. The maximum absolute atomic E-state index is 10.8. The van der Waals surface area contributed by atoms with Gasteiger partial charge < -0.3 is 10.1 Å². The zero-order valence-electron chi connectivity index (χ0n) is 10.4. The van der Waals surface area contributed by atoms with Crippen LogP contribution in [0.2, 0.25) is 0 Å². The summed E-state index contributed by atoms with van der Waals surface area (Å²) in [6, 6.07) is 5.33. The van der Waals surface area contributed by atoms with E-state index >= 15 is 0 Å². The first-order valence-corrected chi connectivity index (χ1v) is 5.59. The number of aryl methyl sites for hydroxylation is 1. The van der Waals surface area contributed by atoms with Crippen LogP contribution in [-0.4, -0.2) is 24.7 Å². The first-order valence-electron chi connectivity index (χ1n) is 5.59. The van der Waals surface area contributed by atoms with Crippen molar-refractivity contribution in [2.24, 2.45) is 0 Å². The molecular weight excluding hydrogens is 220 g/mol. The van der Waals surface area contributed by atoms with Crippen LogP contribution in [-0.2, 0) is 4.74 Å². The van der Waals surface area contributed by atoms with Crippen molar-refractivity contribution >= 4 is 11.4 Å². The zero-order valence-corrected chi connectivity index (χ0v) is 10.4. The van der Waals surface area contributed by atoms with Crippen LogP contribution in [0.3, 0.4) is 0 Å². The predicted molar refractivity (Wildman–Crippen MR) is 67.4 cm³/mol. The molecule has 0 aliphatic rings. The van der Waals surface area contributed by atoms with Crippen LogP contribution in [0.5, 0.6) is 0 Å². The van der Waals surface area contributed by atoms with E-state index in [0.29, 0.717) is 12.2 Å². The van der Waals surface area contributed by atoms with Crippen molar-refractivity contribution in [1.29, 1.82) is 0 Å². The number of ether oxygens (including phenoxy) is 1. The highest BCUT2D eigenvalue weighted by Gasteiger charge is 2.12. The van der Waals surface area contributed by atoms with E-state index in [0.717, 1.165) is 12.1 Å². The molecule has 0 saturated carbocycles. The summed E-state index contributed by atoms with van der Waals surface area (Å²) in [6.07, 6.45) is 0.898. The fourth-order valence-electron chi connectivity index (χ4n) is 1.59. The van der Waals surface area contributed by atoms with Gasteiger partial charge >= 0.3 is 0 Å². The van der Waals surface area contributed by atoms with Gasteiger partial charge in [0.05, 0.1) is 11.5 Å². The van der Waals surface area contributed by atoms with E-state index in [1.54, 1.807) is 26.2 Å². The minimum atomic E-state index is -0.363. The van der Waals surface area contributed by atoms with E-state index in [1.807, 2.05) is 13.0 Å². The van der Waals surface area contributed by atoms with Crippen molar-refractivity contribution in [3.8, 4) is 0 Å². The minimum absolute atomic E-state index is 0.141. The molecule has 0 heterocycles. The quantitative estimate of drug-likeness (QED) is 0.611. The smallest absolute Gasteiger partial charge is 0.274 e. The summed E-state index contributed by atoms with van der Waals surface area (Å²) in [7, 11) is 1.64. The summed E-state index contributed by atoms with van der Waals surface area (Å²) in [5.74, 6) is 0. The summed E-state index contributed by atoms with van der Waals surface area (Å²) >= 11 is 0. The SMILES string of the molecule is CCC(COC)Nc1ccc(C)c([N+](=O)[O-])c1. The molecular formula is C12H18N2O3. The van der Waals surface area contributed by atoms with E-state index < -0.39 is 0 Å². The average Bonchev–Trinajstić information content (AvgIpc) is 2.30. The highest BCUT2D eigenvalue weighted by atomic mass is 16.6. The topological polar surface area (TPSA) is 64.4 Å². The van der Waals surface area contributed by atoms with E-state index in [2.05, 4.69) is 5.32 Å². The Hall–Kier alpha value is -1.62. The van der Waals surface area contributed by atoms with Gasteiger partial charge in [-0.15, -0.1) is 0 Å². The first kappa shape index (κ1) is 13.4. The molecule has 17 heavy (non-hydrogen) atoms. The van der Waals surface area contributed by atoms with Crippen molar-refractivity contribution in [2.75, 3.05) is 19.0 Å². The number of nitro groups is 1. The molecule has 1 atom stereocenters. The molecule has 0 aliphatic carbocycles. The summed E-state index contributed by atoms with van der Waals surface area (Å²) in [4.78, 5) is 10.4. The maximum atomic E-state index is 10.8. The second-order valence-electron chi connectivity index (χ2n) is 3.96. The maximum Gasteiger partial charge on any atom is 0.274 e. The van der Waals surface area contributed by atoms with Gasteiger partial charge in [-0.25, -0.2) is 0 Å². The molecule has 0 aliphatic heterocycles. The molecule has 0 fully saturated rings. The van der Waals surface area contributed by atoms with Gasteiger partial charge in [0, 0.05) is 30.5 Å². The number of hydrogen-bond acceptors (Lipinski definition) is 4. The molecule has 1 N–H and O–H groups in total. The van der Waals surface area contributed by atoms with Gasteiger partial charge in [0.25, 0.3) is 5.69 Å². The molecule has 0 aromatic heterocycles. The van der Waals surface area contributed by atoms with Crippen LogP contribution in [0.4, 0.5) is 11.4 Å². The third-order valence-corrected chi connectivity index (χ3v) is 2.64. The molecule has 0 bridgehead atoms. The van der Waals surface area contributed by atoms with Crippen LogP contribution in [0.25, 0.3) is 0 Å². The Bertz CT molecular complexity index is 393. The number of benzene rings is 1. The van der Waals surface area contributed by atoms with E-state index in [-0.39, 0.29) is 16.7 Å². The lowest BCUT2D eigenvalue weighted by atomic mass is 10.1. The van der Waals surface area contributed by atoms with Gasteiger partial charge in [0.1, 0.15) is 0 Å². The minimum Gasteiger partial charge on any atom is -0.383 e. The average molecular weight is 238 g/mol. The third kappa shape index (κ3) is 3.71. The monoisotopic (exact) mass is 238 g/mol. The number of nitrogens with one attached hydrogen (secondary N) is 1. The second kappa shape index (κ2) is 6.20. The first-order chi connectivity index (χ1) is 8.08. The van der Waals surface area contributed by atoms with Gasteiger partial charge in [-0.2, -0.15) is 0 Å². The number of hydrogen-bond donors (Lipinski definition) is 1. The highest BCUT2D eigenvalue weighted by Crippen LogP contribution is 2.23. The van der Waals surface area contributed by atoms with E-state index in [4.69, 9.17) is 4.74 Å². The van der Waals surface area contributed by atoms with Crippen LogP contribution in [0.15, 0.2) is 18.2 Å². The molecule has 0 radical (unpaired) electrons. The second-order valence-corrected chi connectivity index (χ2v) is 3.96. The normalized spacial score (nSPS) is 12.2. The van der Waals surface area contributed by atoms with Gasteiger partial charge in [-0.05, 0) is 19.4 Å². The molecule has 1 unspecified atom stereocenters. The lowest BCUT2D eigenvalue weighted by Crippen LogP contribution is -2.23. The Morgan fingerprint density at radius 1 is 1.53 bits per heavy atom. The van der Waals surface area contributed by atoms with E-state index in [1.165, 1.54) is 0 Å². The van der Waals surface area contributed by atoms with Crippen molar-refractivity contribution < 1.29 is 9.66 Å². The standard InChI is InChI=1S/C12H18N2O3/c1-4-10(8-17-3)13-11-6-5-9(2)12(7-11)14(15)16/h5-7,10,13H,4,8H2,1-3H3. The van der Waals surface area contributed by atoms with Gasteiger partial charge in [-0.3, -0.25) is 10.1 Å². The lowest BCUT2D eigenvalue weighted by molar-refractivity contribution is -0.385. The van der Waals surface area contributed by atoms with Crippen molar-refractivity contribution in [3.05, 3.63) is 33.9 Å². The Morgan fingerprint density at radius 3 is 2.76 bits per heavy atom. The Kier molecular flexibility index (Phi) is 4.90. The largest absolute Gasteiger partial charge is 0.383 e.